The van der Waals surface area contributed by atoms with Gasteiger partial charge in [0.1, 0.15) is 11.6 Å². The molecule has 0 atom stereocenters. The van der Waals surface area contributed by atoms with Gasteiger partial charge in [-0.15, -0.1) is 0 Å². The predicted octanol–water partition coefficient (Wildman–Crippen LogP) is 6.29. The number of ether oxygens (including phenoxy) is 1. The molecule has 0 unspecified atom stereocenters. The molecule has 8 heteroatoms. The van der Waals surface area contributed by atoms with Crippen LogP contribution in [0.25, 0.3) is 33.6 Å². The highest BCUT2D eigenvalue weighted by Crippen LogP contribution is 2.31. The van der Waals surface area contributed by atoms with Crippen LogP contribution in [0.5, 0.6) is 11.8 Å². The fraction of sp³-hybridized carbons (Fsp3) is 0.250. The molecule has 5 rings (SSSR count). The fourth-order valence-corrected chi connectivity index (χ4v) is 4.88. The van der Waals surface area contributed by atoms with Crippen molar-refractivity contribution in [1.29, 1.82) is 0 Å². The Labute approximate surface area is 232 Å². The first-order chi connectivity index (χ1) is 19.5. The summed E-state index contributed by atoms with van der Waals surface area (Å²) in [6.07, 6.45) is 1.80. The van der Waals surface area contributed by atoms with Crippen molar-refractivity contribution >= 4 is 0 Å². The summed E-state index contributed by atoms with van der Waals surface area (Å²) in [5.41, 5.74) is 5.86. The van der Waals surface area contributed by atoms with E-state index in [1.54, 1.807) is 4.57 Å². The van der Waals surface area contributed by atoms with Crippen molar-refractivity contribution in [3.8, 4) is 45.5 Å². The molecule has 0 bridgehead atoms. The number of hydrogen-bond acceptors (Lipinski definition) is 7. The van der Waals surface area contributed by atoms with E-state index in [1.165, 1.54) is 0 Å². The van der Waals surface area contributed by atoms with Crippen LogP contribution in [0.3, 0.4) is 0 Å². The van der Waals surface area contributed by atoms with Gasteiger partial charge in [-0.2, -0.15) is 4.98 Å². The van der Waals surface area contributed by atoms with Crippen LogP contribution >= 0.6 is 0 Å². The van der Waals surface area contributed by atoms with E-state index in [0.29, 0.717) is 31.0 Å². The minimum Gasteiger partial charge on any atom is -0.494 e. The van der Waals surface area contributed by atoms with Gasteiger partial charge in [0, 0.05) is 12.0 Å². The highest BCUT2D eigenvalue weighted by Gasteiger charge is 2.18. The molecule has 0 radical (unpaired) electrons. The van der Waals surface area contributed by atoms with Gasteiger partial charge in [-0.3, -0.25) is 13.9 Å². The zero-order chi connectivity index (χ0) is 28.1. The van der Waals surface area contributed by atoms with E-state index in [2.05, 4.69) is 17.1 Å². The zero-order valence-electron chi connectivity index (χ0n) is 22.9. The lowest BCUT2D eigenvalue weighted by Gasteiger charge is -2.17. The third-order valence-electron chi connectivity index (χ3n) is 6.77. The van der Waals surface area contributed by atoms with Crippen LogP contribution in [0.1, 0.15) is 44.3 Å². The summed E-state index contributed by atoms with van der Waals surface area (Å²) in [5.74, 6) is 1.89. The van der Waals surface area contributed by atoms with E-state index >= 15 is 0 Å². The topological polar surface area (TPSA) is 103 Å². The molecule has 0 saturated heterocycles. The molecule has 0 aliphatic heterocycles. The minimum absolute atomic E-state index is 0.0363. The van der Waals surface area contributed by atoms with Crippen molar-refractivity contribution < 1.29 is 14.4 Å². The molecule has 8 nitrogen and oxygen atoms in total. The van der Waals surface area contributed by atoms with Gasteiger partial charge in [0.15, 0.2) is 0 Å². The summed E-state index contributed by atoms with van der Waals surface area (Å²) in [7, 11) is 0. The molecular weight excluding hydrogens is 504 g/mol. The first-order valence-electron chi connectivity index (χ1n) is 13.6. The van der Waals surface area contributed by atoms with Gasteiger partial charge in [0.2, 0.25) is 5.82 Å². The summed E-state index contributed by atoms with van der Waals surface area (Å²) in [6, 6.07) is 23.4. The van der Waals surface area contributed by atoms with Crippen LogP contribution in [0.4, 0.5) is 0 Å². The molecule has 204 valence electrons. The van der Waals surface area contributed by atoms with Crippen molar-refractivity contribution in [3.63, 3.8) is 0 Å². The van der Waals surface area contributed by atoms with Gasteiger partial charge in [-0.25, -0.2) is 4.98 Å². The zero-order valence-corrected chi connectivity index (χ0v) is 22.9. The maximum Gasteiger partial charge on any atom is 0.415 e. The Hall–Kier alpha value is -4.72. The van der Waals surface area contributed by atoms with Gasteiger partial charge in [-0.1, -0.05) is 79.7 Å². The second-order valence-electron chi connectivity index (χ2n) is 9.45. The second kappa shape index (κ2) is 12.0. The van der Waals surface area contributed by atoms with E-state index in [9.17, 15) is 9.90 Å². The van der Waals surface area contributed by atoms with Crippen LogP contribution in [-0.4, -0.2) is 31.4 Å². The molecule has 5 aromatic rings. The van der Waals surface area contributed by atoms with Gasteiger partial charge < -0.3 is 9.84 Å². The standard InChI is InChI=1S/C32H32N4O4/c1-4-9-28-33-27(5-2)29(23-16-18-24(19-17-23)39-6-3)31(37)36(28)20-21-12-14-22(15-13-21)25-10-7-8-11-26(25)30-34-32(38)40-35-30/h7-8,10-19H,4-6,9,20H2,1-3H3,(H,34,35,38). The Morgan fingerprint density at radius 1 is 0.875 bits per heavy atom. The largest absolute Gasteiger partial charge is 0.494 e. The molecule has 0 aliphatic rings. The molecule has 0 fully saturated rings. The maximum absolute atomic E-state index is 14.0. The van der Waals surface area contributed by atoms with Crippen molar-refractivity contribution in [2.24, 2.45) is 0 Å². The number of aromatic nitrogens is 4. The van der Waals surface area contributed by atoms with E-state index < -0.39 is 6.08 Å². The summed E-state index contributed by atoms with van der Waals surface area (Å²) >= 11 is 0. The maximum atomic E-state index is 14.0. The average Bonchev–Trinajstić information content (AvgIpc) is 3.42. The molecule has 40 heavy (non-hydrogen) atoms. The lowest BCUT2D eigenvalue weighted by atomic mass is 9.98. The third kappa shape index (κ3) is 5.52. The van der Waals surface area contributed by atoms with Crippen LogP contribution in [0, 0.1) is 0 Å². The Bertz CT molecular complexity index is 1650. The van der Waals surface area contributed by atoms with Crippen LogP contribution < -0.4 is 10.3 Å². The molecule has 0 aliphatic carbocycles. The number of hydrogen-bond donors (Lipinski definition) is 1. The smallest absolute Gasteiger partial charge is 0.415 e. The SMILES string of the molecule is CCCc1nc(CC)c(-c2ccc(OCC)cc2)c(=O)n1Cc1ccc(-c2ccccc2-c2noc(O)n2)cc1. The summed E-state index contributed by atoms with van der Waals surface area (Å²) in [6.45, 7) is 7.08. The van der Waals surface area contributed by atoms with E-state index in [-0.39, 0.29) is 5.56 Å². The molecular formula is C32H32N4O4. The number of nitrogens with zero attached hydrogens (tertiary/aromatic N) is 4. The Kier molecular flexibility index (Phi) is 8.05. The number of rotatable bonds is 10. The van der Waals surface area contributed by atoms with Crippen molar-refractivity contribution in [2.75, 3.05) is 6.61 Å². The first kappa shape index (κ1) is 26.9. The number of benzene rings is 3. The Morgan fingerprint density at radius 3 is 2.20 bits per heavy atom. The minimum atomic E-state index is -0.471. The van der Waals surface area contributed by atoms with Crippen LogP contribution in [0.2, 0.25) is 0 Å². The average molecular weight is 537 g/mol. The monoisotopic (exact) mass is 536 g/mol. The van der Waals surface area contributed by atoms with E-state index in [4.69, 9.17) is 14.2 Å². The highest BCUT2D eigenvalue weighted by atomic mass is 16.6. The Morgan fingerprint density at radius 2 is 1.57 bits per heavy atom. The molecule has 2 heterocycles. The summed E-state index contributed by atoms with van der Waals surface area (Å²) in [5, 5.41) is 13.4. The molecule has 1 N–H and O–H groups in total. The predicted molar refractivity (Wildman–Crippen MR) is 154 cm³/mol. The normalized spacial score (nSPS) is 11.1. The van der Waals surface area contributed by atoms with E-state index in [0.717, 1.165) is 57.9 Å². The van der Waals surface area contributed by atoms with Gasteiger partial charge in [0.25, 0.3) is 5.56 Å². The van der Waals surface area contributed by atoms with Crippen LogP contribution in [0.15, 0.2) is 82.1 Å². The third-order valence-corrected chi connectivity index (χ3v) is 6.77. The molecule has 0 amide bonds. The molecule has 0 saturated carbocycles. The van der Waals surface area contributed by atoms with Gasteiger partial charge in [0.05, 0.1) is 24.4 Å². The number of aryl methyl sites for hydroxylation is 2. The first-order valence-corrected chi connectivity index (χ1v) is 13.6. The quantitative estimate of drug-likeness (QED) is 0.224. The van der Waals surface area contributed by atoms with Crippen LogP contribution in [-0.2, 0) is 19.4 Å². The lowest BCUT2D eigenvalue weighted by Crippen LogP contribution is -2.29. The number of aromatic hydroxyl groups is 1. The van der Waals surface area contributed by atoms with E-state index in [1.807, 2.05) is 86.6 Å². The second-order valence-corrected chi connectivity index (χ2v) is 9.45. The summed E-state index contributed by atoms with van der Waals surface area (Å²) in [4.78, 5) is 22.9. The fourth-order valence-electron chi connectivity index (χ4n) is 4.88. The highest BCUT2D eigenvalue weighted by molar-refractivity contribution is 5.80. The van der Waals surface area contributed by atoms with Crippen molar-refractivity contribution in [1.82, 2.24) is 19.7 Å². The molecule has 0 spiro atoms. The van der Waals surface area contributed by atoms with Gasteiger partial charge in [-0.05, 0) is 54.2 Å². The molecule has 2 aromatic heterocycles. The van der Waals surface area contributed by atoms with Crippen molar-refractivity contribution in [3.05, 3.63) is 100 Å². The summed E-state index contributed by atoms with van der Waals surface area (Å²) < 4.78 is 12.2. The van der Waals surface area contributed by atoms with Gasteiger partial charge >= 0.3 is 6.08 Å². The van der Waals surface area contributed by atoms with Crippen molar-refractivity contribution in [2.45, 2.75) is 46.6 Å². The lowest BCUT2D eigenvalue weighted by molar-refractivity contribution is 0.267. The Balaban J connectivity index is 1.51. The molecule has 3 aromatic carbocycles.